The number of benzene rings is 1. The van der Waals surface area contributed by atoms with Crippen LogP contribution in [0.1, 0.15) is 25.5 Å². The highest BCUT2D eigenvalue weighted by Crippen LogP contribution is 2.34. The molecule has 0 bridgehead atoms. The highest BCUT2D eigenvalue weighted by molar-refractivity contribution is 6.04. The summed E-state index contributed by atoms with van der Waals surface area (Å²) in [5.74, 6) is 0.470. The van der Waals surface area contributed by atoms with E-state index >= 15 is 0 Å². The lowest BCUT2D eigenvalue weighted by Gasteiger charge is -2.19. The van der Waals surface area contributed by atoms with Gasteiger partial charge < -0.3 is 10.6 Å². The maximum atomic E-state index is 11.9. The van der Waals surface area contributed by atoms with Gasteiger partial charge in [-0.15, -0.1) is 0 Å². The maximum Gasteiger partial charge on any atom is 0.248 e. The normalized spacial score (nSPS) is 19.9. The van der Waals surface area contributed by atoms with Gasteiger partial charge in [0.2, 0.25) is 5.91 Å². The number of anilines is 1. The molecule has 2 rings (SSSR count). The van der Waals surface area contributed by atoms with Gasteiger partial charge in [-0.2, -0.15) is 0 Å². The molecule has 0 unspecified atom stereocenters. The van der Waals surface area contributed by atoms with E-state index in [0.29, 0.717) is 5.92 Å². The first-order valence-corrected chi connectivity index (χ1v) is 5.27. The van der Waals surface area contributed by atoms with E-state index in [4.69, 9.17) is 5.73 Å². The third-order valence-corrected chi connectivity index (χ3v) is 2.64. The van der Waals surface area contributed by atoms with Gasteiger partial charge in [-0.1, -0.05) is 32.0 Å². The van der Waals surface area contributed by atoms with Crippen LogP contribution in [-0.4, -0.2) is 12.5 Å². The highest BCUT2D eigenvalue weighted by Gasteiger charge is 2.34. The molecule has 0 aliphatic carbocycles. The number of para-hydroxylation sites is 1. The number of rotatable bonds is 2. The monoisotopic (exact) mass is 204 g/mol. The molecule has 0 saturated heterocycles. The van der Waals surface area contributed by atoms with Crippen LogP contribution >= 0.6 is 0 Å². The van der Waals surface area contributed by atoms with E-state index in [9.17, 15) is 4.79 Å². The molecular formula is C12H16N2O. The van der Waals surface area contributed by atoms with Gasteiger partial charge in [-0.25, -0.2) is 0 Å². The van der Waals surface area contributed by atoms with Crippen molar-refractivity contribution in [2.75, 3.05) is 11.4 Å². The molecule has 3 heteroatoms. The first-order valence-electron chi connectivity index (χ1n) is 5.27. The maximum absolute atomic E-state index is 11.9. The first-order chi connectivity index (χ1) is 7.11. The smallest absolute Gasteiger partial charge is 0.248 e. The Labute approximate surface area is 89.9 Å². The minimum Gasteiger partial charge on any atom is -0.316 e. The average Bonchev–Trinajstić information content (AvgIpc) is 2.44. The van der Waals surface area contributed by atoms with Gasteiger partial charge in [0.1, 0.15) is 6.04 Å². The fraction of sp³-hybridized carbons (Fsp3) is 0.417. The molecule has 80 valence electrons. The molecule has 1 heterocycles. The van der Waals surface area contributed by atoms with Gasteiger partial charge >= 0.3 is 0 Å². The number of carbonyl (C=O) groups is 1. The first kappa shape index (κ1) is 10.2. The summed E-state index contributed by atoms with van der Waals surface area (Å²) in [4.78, 5) is 13.7. The Morgan fingerprint density at radius 2 is 2.07 bits per heavy atom. The van der Waals surface area contributed by atoms with Crippen LogP contribution in [0.5, 0.6) is 0 Å². The Balaban J connectivity index is 2.38. The third kappa shape index (κ3) is 1.63. The number of nitrogens with two attached hydrogens (primary N) is 1. The summed E-state index contributed by atoms with van der Waals surface area (Å²) in [6, 6.07) is 7.28. The number of hydrogen-bond acceptors (Lipinski definition) is 2. The number of carbonyl (C=O) groups excluding carboxylic acids is 1. The molecule has 0 saturated carbocycles. The van der Waals surface area contributed by atoms with Gasteiger partial charge in [0.05, 0.1) is 0 Å². The molecule has 2 N–H and O–H groups in total. The van der Waals surface area contributed by atoms with Crippen LogP contribution in [0.4, 0.5) is 5.69 Å². The zero-order valence-corrected chi connectivity index (χ0v) is 9.10. The van der Waals surface area contributed by atoms with Crippen molar-refractivity contribution in [3.63, 3.8) is 0 Å². The second-order valence-electron chi connectivity index (χ2n) is 4.38. The predicted octanol–water partition coefficient (Wildman–Crippen LogP) is 1.69. The lowest BCUT2D eigenvalue weighted by atomic mass is 10.1. The lowest BCUT2D eigenvalue weighted by molar-refractivity contribution is -0.119. The fourth-order valence-corrected chi connectivity index (χ4v) is 1.97. The Hall–Kier alpha value is -1.35. The summed E-state index contributed by atoms with van der Waals surface area (Å²) in [5, 5.41) is 0. The van der Waals surface area contributed by atoms with Crippen molar-refractivity contribution in [2.24, 2.45) is 11.7 Å². The molecular weight excluding hydrogens is 188 g/mol. The van der Waals surface area contributed by atoms with Crippen LogP contribution in [0, 0.1) is 5.92 Å². The van der Waals surface area contributed by atoms with Gasteiger partial charge in [-0.3, -0.25) is 4.79 Å². The topological polar surface area (TPSA) is 46.3 Å². The Morgan fingerprint density at radius 3 is 2.73 bits per heavy atom. The minimum absolute atomic E-state index is 0.0184. The summed E-state index contributed by atoms with van der Waals surface area (Å²) >= 11 is 0. The number of nitrogens with zero attached hydrogens (tertiary/aromatic N) is 1. The standard InChI is InChI=1S/C12H16N2O/c1-8(2)7-14-10-6-4-3-5-9(10)11(13)12(14)15/h3-6,8,11H,7,13H2,1-2H3/t11-/m0/s1. The third-order valence-electron chi connectivity index (χ3n) is 2.64. The SMILES string of the molecule is CC(C)CN1C(=O)[C@@H](N)c2ccccc21. The van der Waals surface area contributed by atoms with Crippen molar-refractivity contribution in [1.82, 2.24) is 0 Å². The summed E-state index contributed by atoms with van der Waals surface area (Å²) in [6.07, 6.45) is 0. The molecule has 1 aliphatic rings. The summed E-state index contributed by atoms with van der Waals surface area (Å²) in [5.41, 5.74) is 7.79. The van der Waals surface area contributed by atoms with Crippen LogP contribution in [0.25, 0.3) is 0 Å². The molecule has 0 fully saturated rings. The van der Waals surface area contributed by atoms with Gasteiger partial charge in [0, 0.05) is 17.8 Å². The van der Waals surface area contributed by atoms with Crippen molar-refractivity contribution in [2.45, 2.75) is 19.9 Å². The van der Waals surface area contributed by atoms with Crippen LogP contribution in [-0.2, 0) is 4.79 Å². The summed E-state index contributed by atoms with van der Waals surface area (Å²) in [7, 11) is 0. The van der Waals surface area contributed by atoms with Crippen LogP contribution in [0.2, 0.25) is 0 Å². The number of hydrogen-bond donors (Lipinski definition) is 1. The number of amides is 1. The summed E-state index contributed by atoms with van der Waals surface area (Å²) < 4.78 is 0. The zero-order valence-electron chi connectivity index (χ0n) is 9.10. The molecule has 1 atom stereocenters. The Morgan fingerprint density at radius 1 is 1.40 bits per heavy atom. The average molecular weight is 204 g/mol. The molecule has 0 aromatic heterocycles. The number of fused-ring (bicyclic) bond motifs is 1. The molecule has 0 radical (unpaired) electrons. The van der Waals surface area contributed by atoms with Crippen LogP contribution in [0.3, 0.4) is 0 Å². The fourth-order valence-electron chi connectivity index (χ4n) is 1.97. The molecule has 1 amide bonds. The quantitative estimate of drug-likeness (QED) is 0.796. The van der Waals surface area contributed by atoms with Crippen molar-refractivity contribution in [3.8, 4) is 0 Å². The van der Waals surface area contributed by atoms with E-state index in [1.54, 1.807) is 4.90 Å². The largest absolute Gasteiger partial charge is 0.316 e. The zero-order chi connectivity index (χ0) is 11.0. The van der Waals surface area contributed by atoms with Crippen molar-refractivity contribution < 1.29 is 4.79 Å². The van der Waals surface area contributed by atoms with Crippen molar-refractivity contribution in [1.29, 1.82) is 0 Å². The Bertz CT molecular complexity index is 387. The Kier molecular flexibility index (Phi) is 2.49. The molecule has 15 heavy (non-hydrogen) atoms. The highest BCUT2D eigenvalue weighted by atomic mass is 16.2. The predicted molar refractivity (Wildman–Crippen MR) is 60.6 cm³/mol. The van der Waals surface area contributed by atoms with Gasteiger partial charge in [-0.05, 0) is 12.0 Å². The molecule has 0 spiro atoms. The van der Waals surface area contributed by atoms with E-state index in [0.717, 1.165) is 17.8 Å². The van der Waals surface area contributed by atoms with E-state index in [1.165, 1.54) is 0 Å². The van der Waals surface area contributed by atoms with Crippen LogP contribution in [0.15, 0.2) is 24.3 Å². The minimum atomic E-state index is -0.472. The summed E-state index contributed by atoms with van der Waals surface area (Å²) in [6.45, 7) is 4.93. The molecule has 3 nitrogen and oxygen atoms in total. The van der Waals surface area contributed by atoms with E-state index in [-0.39, 0.29) is 5.91 Å². The van der Waals surface area contributed by atoms with Crippen LogP contribution < -0.4 is 10.6 Å². The second kappa shape index (κ2) is 3.66. The van der Waals surface area contributed by atoms with Crippen molar-refractivity contribution in [3.05, 3.63) is 29.8 Å². The van der Waals surface area contributed by atoms with E-state index in [2.05, 4.69) is 13.8 Å². The molecule has 1 aromatic rings. The molecule has 1 aromatic carbocycles. The van der Waals surface area contributed by atoms with Gasteiger partial charge in [0.15, 0.2) is 0 Å². The van der Waals surface area contributed by atoms with E-state index < -0.39 is 6.04 Å². The van der Waals surface area contributed by atoms with Crippen molar-refractivity contribution >= 4 is 11.6 Å². The lowest BCUT2D eigenvalue weighted by Crippen LogP contribution is -2.34. The molecule has 1 aliphatic heterocycles. The van der Waals surface area contributed by atoms with E-state index in [1.807, 2.05) is 24.3 Å². The van der Waals surface area contributed by atoms with Gasteiger partial charge in [0.25, 0.3) is 0 Å². The second-order valence-corrected chi connectivity index (χ2v) is 4.38.